The van der Waals surface area contributed by atoms with Crippen LogP contribution in [0.3, 0.4) is 0 Å². The van der Waals surface area contributed by atoms with E-state index in [0.29, 0.717) is 30.6 Å². The van der Waals surface area contributed by atoms with E-state index in [4.69, 9.17) is 14.2 Å². The Morgan fingerprint density at radius 1 is 1.09 bits per heavy atom. The second-order valence-corrected chi connectivity index (χ2v) is 10.0. The number of ether oxygens (including phenoxy) is 3. The van der Waals surface area contributed by atoms with Crippen LogP contribution in [-0.2, 0) is 24.2 Å². The molecular formula is C21H28N2O8S. The number of esters is 1. The summed E-state index contributed by atoms with van der Waals surface area (Å²) in [6.07, 6.45) is 3.59. The molecule has 2 atom stereocenters. The molecule has 1 aromatic rings. The molecule has 0 bridgehead atoms. The summed E-state index contributed by atoms with van der Waals surface area (Å²) in [5, 5.41) is 4.88. The van der Waals surface area contributed by atoms with Gasteiger partial charge in [-0.1, -0.05) is 19.8 Å². The van der Waals surface area contributed by atoms with Gasteiger partial charge in [-0.2, -0.15) is 0 Å². The highest BCUT2D eigenvalue weighted by atomic mass is 32.2. The predicted octanol–water partition coefficient (Wildman–Crippen LogP) is 1.57. The van der Waals surface area contributed by atoms with Crippen molar-refractivity contribution in [1.82, 2.24) is 10.6 Å². The van der Waals surface area contributed by atoms with Crippen molar-refractivity contribution < 1.29 is 37.0 Å². The summed E-state index contributed by atoms with van der Waals surface area (Å²) in [6, 6.07) is 3.61. The minimum atomic E-state index is -3.77. The number of carbonyl (C=O) groups excluding carboxylic acids is 3. The van der Waals surface area contributed by atoms with Crippen molar-refractivity contribution in [3.05, 3.63) is 18.2 Å². The fraction of sp³-hybridized carbons (Fsp3) is 0.571. The van der Waals surface area contributed by atoms with Crippen LogP contribution in [0.25, 0.3) is 0 Å². The quantitative estimate of drug-likeness (QED) is 0.575. The number of hydrogen-bond acceptors (Lipinski definition) is 8. The molecule has 0 aromatic heterocycles. The molecule has 1 heterocycles. The summed E-state index contributed by atoms with van der Waals surface area (Å²) in [5.74, 6) is -1.01. The zero-order chi connectivity index (χ0) is 23.1. The molecule has 2 aliphatic rings. The summed E-state index contributed by atoms with van der Waals surface area (Å²) >= 11 is 0. The molecule has 1 aliphatic heterocycles. The molecule has 32 heavy (non-hydrogen) atoms. The molecule has 1 aromatic carbocycles. The van der Waals surface area contributed by atoms with Gasteiger partial charge in [-0.15, -0.1) is 0 Å². The van der Waals surface area contributed by atoms with E-state index in [1.165, 1.54) is 18.2 Å². The lowest BCUT2D eigenvalue weighted by Gasteiger charge is -2.29. The molecule has 0 radical (unpaired) electrons. The number of amides is 3. The third kappa shape index (κ3) is 6.59. The maximum Gasteiger partial charge on any atom is 0.321 e. The Labute approximate surface area is 186 Å². The van der Waals surface area contributed by atoms with Gasteiger partial charge in [-0.3, -0.25) is 14.9 Å². The van der Waals surface area contributed by atoms with Crippen LogP contribution in [0.1, 0.15) is 39.0 Å². The van der Waals surface area contributed by atoms with Crippen LogP contribution in [0.2, 0.25) is 0 Å². The number of nitrogens with one attached hydrogen (secondary N) is 2. The largest absolute Gasteiger partial charge is 0.486 e. The first kappa shape index (κ1) is 23.8. The van der Waals surface area contributed by atoms with E-state index in [1.54, 1.807) is 0 Å². The van der Waals surface area contributed by atoms with Crippen molar-refractivity contribution in [2.75, 3.05) is 25.6 Å². The van der Waals surface area contributed by atoms with Crippen molar-refractivity contribution >= 4 is 27.7 Å². The number of benzene rings is 1. The molecule has 3 rings (SSSR count). The third-order valence-electron chi connectivity index (χ3n) is 5.49. The Morgan fingerprint density at radius 2 is 1.81 bits per heavy atom. The monoisotopic (exact) mass is 468 g/mol. The highest BCUT2D eigenvalue weighted by Crippen LogP contribution is 2.32. The lowest BCUT2D eigenvalue weighted by molar-refractivity contribution is -0.147. The van der Waals surface area contributed by atoms with Crippen molar-refractivity contribution in [2.24, 2.45) is 5.92 Å². The van der Waals surface area contributed by atoms with Crippen molar-refractivity contribution in [1.29, 1.82) is 0 Å². The molecule has 2 unspecified atom stereocenters. The standard InChI is InChI=1S/C21H28N2O8S/c1-14-4-2-3-5-16(14)22-21(26)23-19(24)13-31-20(25)8-11-32(27,28)15-6-7-17-18(12-15)30-10-9-29-17/h6-7,12,14,16H,2-5,8-11,13H2,1H3,(H2,22,23,24,26). The van der Waals surface area contributed by atoms with Gasteiger partial charge in [0.2, 0.25) is 0 Å². The number of imide groups is 1. The van der Waals surface area contributed by atoms with Gasteiger partial charge in [0.1, 0.15) is 13.2 Å². The molecule has 176 valence electrons. The smallest absolute Gasteiger partial charge is 0.321 e. The first-order valence-electron chi connectivity index (χ1n) is 10.6. The molecule has 1 saturated carbocycles. The minimum Gasteiger partial charge on any atom is -0.486 e. The summed E-state index contributed by atoms with van der Waals surface area (Å²) in [5.41, 5.74) is 0. The van der Waals surface area contributed by atoms with E-state index < -0.39 is 46.5 Å². The third-order valence-corrected chi connectivity index (χ3v) is 7.21. The van der Waals surface area contributed by atoms with Crippen LogP contribution in [0.15, 0.2) is 23.1 Å². The van der Waals surface area contributed by atoms with Crippen LogP contribution in [0.4, 0.5) is 4.79 Å². The second kappa shape index (κ2) is 10.7. The SMILES string of the molecule is CC1CCCCC1NC(=O)NC(=O)COC(=O)CCS(=O)(=O)c1ccc2c(c1)OCCO2. The normalized spacial score (nSPS) is 20.2. The highest BCUT2D eigenvalue weighted by Gasteiger charge is 2.24. The summed E-state index contributed by atoms with van der Waals surface area (Å²) in [6.45, 7) is 2.09. The van der Waals surface area contributed by atoms with Gasteiger partial charge in [0.25, 0.3) is 5.91 Å². The molecular weight excluding hydrogens is 440 g/mol. The number of fused-ring (bicyclic) bond motifs is 1. The first-order valence-corrected chi connectivity index (χ1v) is 12.3. The molecule has 2 N–H and O–H groups in total. The zero-order valence-electron chi connectivity index (χ0n) is 17.9. The Kier molecular flexibility index (Phi) is 7.94. The van der Waals surface area contributed by atoms with Gasteiger partial charge in [0, 0.05) is 12.1 Å². The van der Waals surface area contributed by atoms with E-state index in [-0.39, 0.29) is 10.9 Å². The van der Waals surface area contributed by atoms with Gasteiger partial charge in [0.05, 0.1) is 17.1 Å². The van der Waals surface area contributed by atoms with Gasteiger partial charge in [-0.25, -0.2) is 13.2 Å². The highest BCUT2D eigenvalue weighted by molar-refractivity contribution is 7.91. The topological polar surface area (TPSA) is 137 Å². The van der Waals surface area contributed by atoms with E-state index in [9.17, 15) is 22.8 Å². The average Bonchev–Trinajstić information content (AvgIpc) is 2.77. The second-order valence-electron chi connectivity index (χ2n) is 7.92. The molecule has 0 spiro atoms. The molecule has 10 nitrogen and oxygen atoms in total. The Morgan fingerprint density at radius 3 is 2.56 bits per heavy atom. The maximum absolute atomic E-state index is 12.5. The summed E-state index contributed by atoms with van der Waals surface area (Å²) in [7, 11) is -3.77. The van der Waals surface area contributed by atoms with Crippen LogP contribution in [0.5, 0.6) is 11.5 Å². The van der Waals surface area contributed by atoms with E-state index in [0.717, 1.165) is 25.7 Å². The van der Waals surface area contributed by atoms with Crippen LogP contribution in [0, 0.1) is 5.92 Å². The van der Waals surface area contributed by atoms with Gasteiger partial charge in [0.15, 0.2) is 27.9 Å². The van der Waals surface area contributed by atoms with Gasteiger partial charge < -0.3 is 19.5 Å². The Hall–Kier alpha value is -2.82. The van der Waals surface area contributed by atoms with Gasteiger partial charge in [-0.05, 0) is 30.9 Å². The fourth-order valence-electron chi connectivity index (χ4n) is 3.67. The molecule has 3 amide bonds. The fourth-order valence-corrected chi connectivity index (χ4v) is 4.90. The van der Waals surface area contributed by atoms with E-state index in [2.05, 4.69) is 10.6 Å². The lowest BCUT2D eigenvalue weighted by atomic mass is 9.86. The molecule has 0 saturated heterocycles. The predicted molar refractivity (Wildman–Crippen MR) is 113 cm³/mol. The lowest BCUT2D eigenvalue weighted by Crippen LogP contribution is -2.48. The summed E-state index contributed by atoms with van der Waals surface area (Å²) < 4.78 is 40.5. The first-order chi connectivity index (χ1) is 15.2. The zero-order valence-corrected chi connectivity index (χ0v) is 18.7. The Balaban J connectivity index is 1.40. The number of rotatable bonds is 7. The van der Waals surface area contributed by atoms with Crippen molar-refractivity contribution in [2.45, 2.75) is 50.0 Å². The van der Waals surface area contributed by atoms with Crippen molar-refractivity contribution in [3.8, 4) is 11.5 Å². The number of sulfone groups is 1. The van der Waals surface area contributed by atoms with Crippen molar-refractivity contribution in [3.63, 3.8) is 0 Å². The number of carbonyl (C=O) groups is 3. The summed E-state index contributed by atoms with van der Waals surface area (Å²) in [4.78, 5) is 35.7. The number of hydrogen-bond donors (Lipinski definition) is 2. The minimum absolute atomic E-state index is 0.000838. The van der Waals surface area contributed by atoms with Gasteiger partial charge >= 0.3 is 12.0 Å². The molecule has 11 heteroatoms. The molecule has 1 fully saturated rings. The van der Waals surface area contributed by atoms with E-state index >= 15 is 0 Å². The van der Waals surface area contributed by atoms with Crippen LogP contribution >= 0.6 is 0 Å². The maximum atomic E-state index is 12.5. The Bertz CT molecular complexity index is 963. The van der Waals surface area contributed by atoms with Crippen LogP contribution in [-0.4, -0.2) is 57.9 Å². The molecule has 1 aliphatic carbocycles. The van der Waals surface area contributed by atoms with E-state index in [1.807, 2.05) is 6.92 Å². The van der Waals surface area contributed by atoms with Crippen LogP contribution < -0.4 is 20.1 Å². The number of urea groups is 1. The average molecular weight is 469 g/mol.